The highest BCUT2D eigenvalue weighted by atomic mass is 35.5. The second-order valence-electron chi connectivity index (χ2n) is 9.66. The third-order valence-electron chi connectivity index (χ3n) is 6.72. The number of hydrogen-bond acceptors (Lipinski definition) is 4. The van der Waals surface area contributed by atoms with Crippen LogP contribution in [0.15, 0.2) is 71.6 Å². The number of sulfonamides is 1. The van der Waals surface area contributed by atoms with Gasteiger partial charge in [-0.3, -0.25) is 13.9 Å². The van der Waals surface area contributed by atoms with Crippen molar-refractivity contribution < 1.29 is 18.0 Å². The topological polar surface area (TPSA) is 95.6 Å². The van der Waals surface area contributed by atoms with Crippen molar-refractivity contribution in [1.29, 1.82) is 0 Å². The molecule has 2 amide bonds. The minimum Gasteiger partial charge on any atom is -0.349 e. The summed E-state index contributed by atoms with van der Waals surface area (Å²) in [5.41, 5.74) is 2.51. The minimum atomic E-state index is -4.11. The number of carbonyl (C=O) groups is 2. The van der Waals surface area contributed by atoms with E-state index in [0.29, 0.717) is 27.5 Å². The second-order valence-corrected chi connectivity index (χ2v) is 12.0. The van der Waals surface area contributed by atoms with Crippen LogP contribution in [0.2, 0.25) is 5.02 Å². The number of amides is 2. The molecular weight excluding hydrogens is 522 g/mol. The van der Waals surface area contributed by atoms with E-state index in [1.54, 1.807) is 55.5 Å². The number of nitrogens with one attached hydrogen (secondary N) is 2. The van der Waals surface area contributed by atoms with Gasteiger partial charge in [0.25, 0.3) is 15.9 Å². The number of carbonyl (C=O) groups excluding carboxylic acids is 2. The first-order valence-electron chi connectivity index (χ1n) is 12.7. The number of aryl methyl sites for hydroxylation is 2. The average Bonchev–Trinajstić information content (AvgIpc) is 2.90. The maximum Gasteiger partial charge on any atom is 0.264 e. The van der Waals surface area contributed by atoms with E-state index < -0.39 is 22.5 Å². The summed E-state index contributed by atoms with van der Waals surface area (Å²) < 4.78 is 28.5. The highest BCUT2D eigenvalue weighted by Gasteiger charge is 2.29. The molecule has 0 spiro atoms. The van der Waals surface area contributed by atoms with Gasteiger partial charge in [0, 0.05) is 11.1 Å². The average molecular weight is 554 g/mol. The van der Waals surface area contributed by atoms with Crippen LogP contribution in [0.1, 0.15) is 53.6 Å². The van der Waals surface area contributed by atoms with Crippen molar-refractivity contribution in [2.24, 2.45) is 0 Å². The normalized spacial score (nSPS) is 14.1. The lowest BCUT2D eigenvalue weighted by atomic mass is 9.95. The molecule has 1 aliphatic carbocycles. The molecule has 0 saturated heterocycles. The highest BCUT2D eigenvalue weighted by Crippen LogP contribution is 2.30. The van der Waals surface area contributed by atoms with Gasteiger partial charge in [0.2, 0.25) is 5.91 Å². The molecule has 1 aliphatic rings. The number of benzene rings is 3. The molecule has 1 saturated carbocycles. The maximum absolute atomic E-state index is 13.7. The molecule has 0 bridgehead atoms. The number of hydrogen-bond donors (Lipinski definition) is 2. The standard InChI is InChI=1S/C29H32ClN3O4S/c1-20-12-16-24(17-13-20)38(36,37)33(27-18-22(30)15-14-21(27)2)19-28(34)32-26-11-7-6-10-25(26)29(35)31-23-8-4-3-5-9-23/h6-7,10-18,23H,3-5,8-9,19H2,1-2H3,(H,31,35)(H,32,34). The van der Waals surface area contributed by atoms with Gasteiger partial charge in [-0.25, -0.2) is 8.42 Å². The Kier molecular flexibility index (Phi) is 8.74. The van der Waals surface area contributed by atoms with Gasteiger partial charge in [0.15, 0.2) is 0 Å². The van der Waals surface area contributed by atoms with E-state index in [1.165, 1.54) is 24.6 Å². The monoisotopic (exact) mass is 553 g/mol. The highest BCUT2D eigenvalue weighted by molar-refractivity contribution is 7.92. The fourth-order valence-corrected chi connectivity index (χ4v) is 6.25. The van der Waals surface area contributed by atoms with Gasteiger partial charge >= 0.3 is 0 Å². The van der Waals surface area contributed by atoms with Crippen LogP contribution in [0.3, 0.4) is 0 Å². The van der Waals surface area contributed by atoms with Gasteiger partial charge in [-0.2, -0.15) is 0 Å². The molecule has 9 heteroatoms. The first-order valence-corrected chi connectivity index (χ1v) is 14.5. The zero-order valence-corrected chi connectivity index (χ0v) is 23.1. The fraction of sp³-hybridized carbons (Fsp3) is 0.310. The van der Waals surface area contributed by atoms with Crippen molar-refractivity contribution >= 4 is 44.8 Å². The lowest BCUT2D eigenvalue weighted by molar-refractivity contribution is -0.114. The third-order valence-corrected chi connectivity index (χ3v) is 8.73. The Balaban J connectivity index is 1.61. The Morgan fingerprint density at radius 3 is 2.34 bits per heavy atom. The summed E-state index contributed by atoms with van der Waals surface area (Å²) in [4.78, 5) is 26.4. The predicted octanol–water partition coefficient (Wildman–Crippen LogP) is 5.85. The molecule has 0 unspecified atom stereocenters. The number of nitrogens with zero attached hydrogens (tertiary/aromatic N) is 1. The molecule has 38 heavy (non-hydrogen) atoms. The Hall–Kier alpha value is -3.36. The summed E-state index contributed by atoms with van der Waals surface area (Å²) in [7, 11) is -4.11. The molecule has 1 fully saturated rings. The molecule has 0 radical (unpaired) electrons. The number of anilines is 2. The summed E-state index contributed by atoms with van der Waals surface area (Å²) in [5, 5.41) is 6.17. The molecule has 2 N–H and O–H groups in total. The van der Waals surface area contributed by atoms with Gasteiger partial charge in [-0.1, -0.05) is 66.8 Å². The SMILES string of the molecule is Cc1ccc(S(=O)(=O)N(CC(=O)Nc2ccccc2C(=O)NC2CCCCC2)c2cc(Cl)ccc2C)cc1. The van der Waals surface area contributed by atoms with Crippen LogP contribution in [0, 0.1) is 13.8 Å². The van der Waals surface area contributed by atoms with Crippen LogP contribution in [0.5, 0.6) is 0 Å². The van der Waals surface area contributed by atoms with Crippen LogP contribution in [-0.4, -0.2) is 32.8 Å². The maximum atomic E-state index is 13.7. The van der Waals surface area contributed by atoms with Crippen LogP contribution in [-0.2, 0) is 14.8 Å². The molecule has 200 valence electrons. The van der Waals surface area contributed by atoms with Crippen molar-refractivity contribution in [3.63, 3.8) is 0 Å². The predicted molar refractivity (Wildman–Crippen MR) is 151 cm³/mol. The van der Waals surface area contributed by atoms with E-state index in [9.17, 15) is 18.0 Å². The molecule has 3 aromatic carbocycles. The minimum absolute atomic E-state index is 0.0579. The van der Waals surface area contributed by atoms with E-state index >= 15 is 0 Å². The zero-order chi connectivity index (χ0) is 27.3. The first-order chi connectivity index (χ1) is 18.1. The van der Waals surface area contributed by atoms with Gasteiger partial charge in [-0.05, 0) is 68.7 Å². The molecule has 0 heterocycles. The van der Waals surface area contributed by atoms with Gasteiger partial charge < -0.3 is 10.6 Å². The lowest BCUT2D eigenvalue weighted by Crippen LogP contribution is -2.39. The van der Waals surface area contributed by atoms with Gasteiger partial charge in [-0.15, -0.1) is 0 Å². The Morgan fingerprint density at radius 2 is 1.63 bits per heavy atom. The van der Waals surface area contributed by atoms with E-state index in [2.05, 4.69) is 10.6 Å². The molecule has 0 aromatic heterocycles. The summed E-state index contributed by atoms with van der Waals surface area (Å²) in [6.07, 6.45) is 5.21. The smallest absolute Gasteiger partial charge is 0.264 e. The van der Waals surface area contributed by atoms with Crippen LogP contribution < -0.4 is 14.9 Å². The van der Waals surface area contributed by atoms with Gasteiger partial charge in [0.1, 0.15) is 6.54 Å². The Morgan fingerprint density at radius 1 is 0.947 bits per heavy atom. The van der Waals surface area contributed by atoms with E-state index in [0.717, 1.165) is 35.6 Å². The van der Waals surface area contributed by atoms with Crippen molar-refractivity contribution in [3.8, 4) is 0 Å². The largest absolute Gasteiger partial charge is 0.349 e. The quantitative estimate of drug-likeness (QED) is 0.365. The van der Waals surface area contributed by atoms with Crippen molar-refractivity contribution in [2.45, 2.75) is 56.9 Å². The summed E-state index contributed by atoms with van der Waals surface area (Å²) in [5.74, 6) is -0.847. The van der Waals surface area contributed by atoms with Crippen LogP contribution in [0.4, 0.5) is 11.4 Å². The van der Waals surface area contributed by atoms with E-state index in [4.69, 9.17) is 11.6 Å². The van der Waals surface area contributed by atoms with E-state index in [-0.39, 0.29) is 16.8 Å². The molecule has 0 atom stereocenters. The summed E-state index contributed by atoms with van der Waals surface area (Å²) >= 11 is 6.21. The van der Waals surface area contributed by atoms with Crippen molar-refractivity contribution in [2.75, 3.05) is 16.2 Å². The lowest BCUT2D eigenvalue weighted by Gasteiger charge is -2.26. The second kappa shape index (κ2) is 12.0. The molecule has 0 aliphatic heterocycles. The third kappa shape index (κ3) is 6.55. The summed E-state index contributed by atoms with van der Waals surface area (Å²) in [6, 6.07) is 18.2. The van der Waals surface area contributed by atoms with Crippen molar-refractivity contribution in [1.82, 2.24) is 5.32 Å². The number of rotatable bonds is 8. The fourth-order valence-electron chi connectivity index (χ4n) is 4.61. The molecular formula is C29H32ClN3O4S. The van der Waals surface area contributed by atoms with Crippen LogP contribution in [0.25, 0.3) is 0 Å². The Bertz CT molecular complexity index is 1420. The van der Waals surface area contributed by atoms with Crippen molar-refractivity contribution in [3.05, 3.63) is 88.4 Å². The first kappa shape index (κ1) is 27.7. The molecule has 3 aromatic rings. The molecule has 4 rings (SSSR count). The molecule has 7 nitrogen and oxygen atoms in total. The zero-order valence-electron chi connectivity index (χ0n) is 21.5. The van der Waals surface area contributed by atoms with Gasteiger partial charge in [0.05, 0.1) is 21.8 Å². The Labute approximate surface area is 229 Å². The summed E-state index contributed by atoms with van der Waals surface area (Å²) in [6.45, 7) is 3.12. The van der Waals surface area contributed by atoms with E-state index in [1.807, 2.05) is 6.92 Å². The van der Waals surface area contributed by atoms with Crippen LogP contribution >= 0.6 is 11.6 Å². The number of halogens is 1. The number of para-hydroxylation sites is 1.